The summed E-state index contributed by atoms with van der Waals surface area (Å²) in [7, 11) is -4.21. The number of nitriles is 1. The third-order valence-electron chi connectivity index (χ3n) is 4.71. The summed E-state index contributed by atoms with van der Waals surface area (Å²) >= 11 is 0. The van der Waals surface area contributed by atoms with Gasteiger partial charge in [-0.05, 0) is 48.0 Å². The van der Waals surface area contributed by atoms with Crippen LogP contribution in [-0.2, 0) is 10.0 Å². The fourth-order valence-electron chi connectivity index (χ4n) is 3.20. The van der Waals surface area contributed by atoms with Gasteiger partial charge >= 0.3 is 5.97 Å². The third kappa shape index (κ3) is 4.13. The van der Waals surface area contributed by atoms with Crippen molar-refractivity contribution in [2.75, 3.05) is 5.32 Å². The standard InChI is InChI=1S/C21H13N5O6S/c22-10-11-1-2-16(14(7-11)21(28)29)25-20(27)19-15-9-18(33(23,30)31)13(8-17(15)32-26-19)12-3-5-24-6-4-12/h1-9H,(H,25,27)(H,28,29)(H2,23,30,31). The Kier molecular flexibility index (Phi) is 5.34. The predicted molar refractivity (Wildman–Crippen MR) is 115 cm³/mol. The minimum atomic E-state index is -4.21. The summed E-state index contributed by atoms with van der Waals surface area (Å²) in [6.45, 7) is 0. The Morgan fingerprint density at radius 3 is 2.48 bits per heavy atom. The van der Waals surface area contributed by atoms with Crippen LogP contribution >= 0.6 is 0 Å². The quantitative estimate of drug-likeness (QED) is 0.399. The number of amides is 1. The van der Waals surface area contributed by atoms with E-state index in [1.54, 1.807) is 12.1 Å². The first-order valence-corrected chi connectivity index (χ1v) is 10.7. The van der Waals surface area contributed by atoms with E-state index in [1.807, 2.05) is 6.07 Å². The molecule has 0 spiro atoms. The van der Waals surface area contributed by atoms with Crippen LogP contribution in [0.1, 0.15) is 26.4 Å². The van der Waals surface area contributed by atoms with Gasteiger partial charge in [-0.15, -0.1) is 0 Å². The molecule has 4 N–H and O–H groups in total. The molecule has 0 fully saturated rings. The van der Waals surface area contributed by atoms with Gasteiger partial charge in [0.25, 0.3) is 5.91 Å². The molecule has 12 heteroatoms. The number of carbonyl (C=O) groups excluding carboxylic acids is 1. The molecule has 2 heterocycles. The summed E-state index contributed by atoms with van der Waals surface area (Å²) in [6.07, 6.45) is 2.95. The highest BCUT2D eigenvalue weighted by molar-refractivity contribution is 7.89. The predicted octanol–water partition coefficient (Wildman–Crippen LogP) is 2.36. The number of carboxylic acid groups (broad SMARTS) is 1. The summed E-state index contributed by atoms with van der Waals surface area (Å²) in [6, 6.07) is 11.2. The minimum Gasteiger partial charge on any atom is -0.478 e. The van der Waals surface area contributed by atoms with E-state index in [4.69, 9.17) is 14.9 Å². The first kappa shape index (κ1) is 21.6. The molecule has 33 heavy (non-hydrogen) atoms. The van der Waals surface area contributed by atoms with Gasteiger partial charge in [0.2, 0.25) is 10.0 Å². The van der Waals surface area contributed by atoms with Gasteiger partial charge in [0, 0.05) is 18.0 Å². The summed E-state index contributed by atoms with van der Waals surface area (Å²) < 4.78 is 29.8. The molecule has 0 saturated heterocycles. The number of nitrogens with zero attached hydrogens (tertiary/aromatic N) is 3. The second-order valence-corrected chi connectivity index (χ2v) is 8.32. The number of sulfonamides is 1. The number of nitrogens with one attached hydrogen (secondary N) is 1. The summed E-state index contributed by atoms with van der Waals surface area (Å²) in [5.41, 5.74) is 0.272. The second-order valence-electron chi connectivity index (χ2n) is 6.79. The van der Waals surface area contributed by atoms with Crippen LogP contribution in [0.15, 0.2) is 64.3 Å². The fraction of sp³-hybridized carbons (Fsp3) is 0. The maximum Gasteiger partial charge on any atom is 0.337 e. The average Bonchev–Trinajstić information content (AvgIpc) is 3.21. The van der Waals surface area contributed by atoms with Crippen LogP contribution in [-0.4, -0.2) is 35.5 Å². The number of aromatic carboxylic acids is 1. The number of carboxylic acids is 1. The molecule has 1 amide bonds. The van der Waals surface area contributed by atoms with E-state index in [0.717, 1.165) is 6.07 Å². The second kappa shape index (κ2) is 8.15. The molecule has 4 aromatic rings. The first-order valence-electron chi connectivity index (χ1n) is 9.14. The van der Waals surface area contributed by atoms with Crippen LogP contribution in [0.4, 0.5) is 5.69 Å². The van der Waals surface area contributed by atoms with Crippen molar-refractivity contribution < 1.29 is 27.6 Å². The van der Waals surface area contributed by atoms with E-state index < -0.39 is 21.9 Å². The fourth-order valence-corrected chi connectivity index (χ4v) is 3.97. The van der Waals surface area contributed by atoms with Gasteiger partial charge in [0.1, 0.15) is 0 Å². The van der Waals surface area contributed by atoms with Crippen LogP contribution in [0.3, 0.4) is 0 Å². The van der Waals surface area contributed by atoms with Crippen molar-refractivity contribution >= 4 is 38.6 Å². The molecule has 0 radical (unpaired) electrons. The topological polar surface area (TPSA) is 189 Å². The number of hydrogen-bond donors (Lipinski definition) is 3. The van der Waals surface area contributed by atoms with Gasteiger partial charge in [-0.25, -0.2) is 18.4 Å². The molecule has 0 aliphatic carbocycles. The van der Waals surface area contributed by atoms with E-state index in [0.29, 0.717) is 5.56 Å². The zero-order valence-corrected chi connectivity index (χ0v) is 17.3. The van der Waals surface area contributed by atoms with Crippen LogP contribution in [0.2, 0.25) is 0 Å². The number of aromatic nitrogens is 2. The van der Waals surface area contributed by atoms with Gasteiger partial charge in [0.05, 0.1) is 33.2 Å². The molecule has 0 aliphatic heterocycles. The number of benzene rings is 2. The van der Waals surface area contributed by atoms with Gasteiger partial charge in [-0.1, -0.05) is 5.16 Å². The van der Waals surface area contributed by atoms with Crippen molar-refractivity contribution in [2.45, 2.75) is 4.90 Å². The normalized spacial score (nSPS) is 11.2. The number of anilines is 1. The van der Waals surface area contributed by atoms with E-state index in [1.165, 1.54) is 36.7 Å². The largest absolute Gasteiger partial charge is 0.478 e. The zero-order valence-electron chi connectivity index (χ0n) is 16.5. The number of rotatable bonds is 5. The van der Waals surface area contributed by atoms with E-state index in [-0.39, 0.29) is 43.9 Å². The first-order chi connectivity index (χ1) is 15.7. The van der Waals surface area contributed by atoms with Crippen LogP contribution < -0.4 is 10.5 Å². The molecule has 2 aromatic heterocycles. The van der Waals surface area contributed by atoms with E-state index in [9.17, 15) is 23.1 Å². The Bertz CT molecular complexity index is 1570. The van der Waals surface area contributed by atoms with Gasteiger partial charge in [-0.3, -0.25) is 9.78 Å². The van der Waals surface area contributed by atoms with Gasteiger partial charge < -0.3 is 14.9 Å². The Morgan fingerprint density at radius 2 is 1.85 bits per heavy atom. The lowest BCUT2D eigenvalue weighted by atomic mass is 10.0. The van der Waals surface area contributed by atoms with Crippen molar-refractivity contribution in [3.05, 3.63) is 71.7 Å². The van der Waals surface area contributed by atoms with Crippen molar-refractivity contribution in [1.82, 2.24) is 10.1 Å². The van der Waals surface area contributed by atoms with Crippen LogP contribution in [0, 0.1) is 11.3 Å². The molecule has 4 rings (SSSR count). The lowest BCUT2D eigenvalue weighted by Gasteiger charge is -2.09. The highest BCUT2D eigenvalue weighted by Gasteiger charge is 2.24. The average molecular weight is 463 g/mol. The van der Waals surface area contributed by atoms with Crippen molar-refractivity contribution in [3.63, 3.8) is 0 Å². The Labute approximate surface area is 186 Å². The molecule has 0 bridgehead atoms. The smallest absolute Gasteiger partial charge is 0.337 e. The number of nitrogens with two attached hydrogens (primary N) is 1. The monoisotopic (exact) mass is 463 g/mol. The van der Waals surface area contributed by atoms with Gasteiger partial charge in [0.15, 0.2) is 11.3 Å². The summed E-state index contributed by atoms with van der Waals surface area (Å²) in [5.74, 6) is -2.20. The molecule has 164 valence electrons. The molecule has 0 saturated carbocycles. The van der Waals surface area contributed by atoms with Gasteiger partial charge in [-0.2, -0.15) is 5.26 Å². The number of carbonyl (C=O) groups is 2. The Morgan fingerprint density at radius 1 is 1.12 bits per heavy atom. The molecular formula is C21H13N5O6S. The van der Waals surface area contributed by atoms with Crippen LogP contribution in [0.5, 0.6) is 0 Å². The maximum absolute atomic E-state index is 12.9. The minimum absolute atomic E-state index is 0.0554. The highest BCUT2D eigenvalue weighted by atomic mass is 32.2. The summed E-state index contributed by atoms with van der Waals surface area (Å²) in [4.78, 5) is 28.0. The number of fused-ring (bicyclic) bond motifs is 1. The Balaban J connectivity index is 1.81. The lowest BCUT2D eigenvalue weighted by Crippen LogP contribution is -2.16. The molecular weight excluding hydrogens is 450 g/mol. The Hall–Kier alpha value is -4.60. The highest BCUT2D eigenvalue weighted by Crippen LogP contribution is 2.33. The maximum atomic E-state index is 12.9. The van der Waals surface area contributed by atoms with Crippen molar-refractivity contribution in [1.29, 1.82) is 5.26 Å². The summed E-state index contributed by atoms with van der Waals surface area (Å²) in [5, 5.41) is 29.9. The molecule has 0 atom stereocenters. The lowest BCUT2D eigenvalue weighted by molar-refractivity contribution is 0.0698. The molecule has 11 nitrogen and oxygen atoms in total. The number of pyridine rings is 1. The SMILES string of the molecule is N#Cc1ccc(NC(=O)c2noc3cc(-c4ccncc4)c(S(N)(=O)=O)cc23)c(C(=O)O)c1. The molecule has 2 aromatic carbocycles. The molecule has 0 aliphatic rings. The third-order valence-corrected chi connectivity index (χ3v) is 5.66. The van der Waals surface area contributed by atoms with E-state index in [2.05, 4.69) is 15.5 Å². The number of primary sulfonamides is 1. The molecule has 0 unspecified atom stereocenters. The van der Waals surface area contributed by atoms with E-state index >= 15 is 0 Å². The zero-order chi connectivity index (χ0) is 23.8. The van der Waals surface area contributed by atoms with Crippen molar-refractivity contribution in [2.24, 2.45) is 5.14 Å². The number of hydrogen-bond acceptors (Lipinski definition) is 8. The van der Waals surface area contributed by atoms with Crippen molar-refractivity contribution in [3.8, 4) is 17.2 Å². The van der Waals surface area contributed by atoms with Crippen LogP contribution in [0.25, 0.3) is 22.1 Å².